The van der Waals surface area contributed by atoms with Gasteiger partial charge in [0.15, 0.2) is 0 Å². The van der Waals surface area contributed by atoms with Gasteiger partial charge in [0.25, 0.3) is 0 Å². The molecule has 0 spiro atoms. The van der Waals surface area contributed by atoms with Gasteiger partial charge >= 0.3 is 0 Å². The number of hydrogen-bond acceptors (Lipinski definition) is 2. The van der Waals surface area contributed by atoms with Crippen molar-refractivity contribution in [3.05, 3.63) is 29.8 Å². The van der Waals surface area contributed by atoms with Crippen molar-refractivity contribution in [3.63, 3.8) is 0 Å². The van der Waals surface area contributed by atoms with Crippen molar-refractivity contribution in [2.75, 3.05) is 6.61 Å². The Morgan fingerprint density at radius 1 is 1.20 bits per heavy atom. The quantitative estimate of drug-likeness (QED) is 0.824. The summed E-state index contributed by atoms with van der Waals surface area (Å²) in [6, 6.07) is 8.01. The van der Waals surface area contributed by atoms with E-state index in [1.807, 2.05) is 12.1 Å². The molecular weight excluding hydrogens is 188 g/mol. The Hall–Kier alpha value is -1.02. The lowest BCUT2D eigenvalue weighted by Gasteiger charge is -2.18. The molecule has 2 nitrogen and oxygen atoms in total. The Morgan fingerprint density at radius 3 is 2.13 bits per heavy atom. The molecule has 0 bridgehead atoms. The third kappa shape index (κ3) is 4.34. The molecule has 1 rings (SSSR count). The van der Waals surface area contributed by atoms with Crippen LogP contribution in [0.3, 0.4) is 0 Å². The van der Waals surface area contributed by atoms with Gasteiger partial charge in [-0.3, -0.25) is 0 Å². The zero-order valence-corrected chi connectivity index (χ0v) is 9.95. The second-order valence-corrected chi connectivity index (χ2v) is 4.82. The maximum atomic E-state index is 9.50. The molecule has 0 aromatic heterocycles. The van der Waals surface area contributed by atoms with Crippen LogP contribution < -0.4 is 4.74 Å². The van der Waals surface area contributed by atoms with E-state index in [9.17, 15) is 5.11 Å². The topological polar surface area (TPSA) is 29.5 Å². The summed E-state index contributed by atoms with van der Waals surface area (Å²) in [5, 5.41) is 9.50. The van der Waals surface area contributed by atoms with Crippen molar-refractivity contribution < 1.29 is 9.84 Å². The lowest BCUT2D eigenvalue weighted by molar-refractivity contribution is 0.0285. The average molecular weight is 208 g/mol. The van der Waals surface area contributed by atoms with E-state index in [1.54, 1.807) is 13.8 Å². The molecule has 1 aromatic carbocycles. The Kier molecular flexibility index (Phi) is 3.75. The van der Waals surface area contributed by atoms with Crippen LogP contribution in [0.1, 0.15) is 39.2 Å². The molecule has 0 aliphatic heterocycles. The minimum absolute atomic E-state index is 0.314. The third-order valence-electron chi connectivity index (χ3n) is 2.14. The number of rotatable bonds is 4. The molecule has 0 saturated carbocycles. The largest absolute Gasteiger partial charge is 0.491 e. The van der Waals surface area contributed by atoms with E-state index < -0.39 is 5.60 Å². The van der Waals surface area contributed by atoms with Crippen LogP contribution in [0, 0.1) is 0 Å². The molecule has 0 aliphatic rings. The molecule has 0 atom stereocenters. The van der Waals surface area contributed by atoms with E-state index in [2.05, 4.69) is 26.0 Å². The van der Waals surface area contributed by atoms with Crippen LogP contribution in [0.5, 0.6) is 5.75 Å². The molecule has 0 saturated heterocycles. The van der Waals surface area contributed by atoms with Crippen molar-refractivity contribution in [1.29, 1.82) is 0 Å². The van der Waals surface area contributed by atoms with Crippen molar-refractivity contribution in [3.8, 4) is 5.75 Å². The summed E-state index contributed by atoms with van der Waals surface area (Å²) < 4.78 is 5.46. The number of hydrogen-bond donors (Lipinski definition) is 1. The van der Waals surface area contributed by atoms with Gasteiger partial charge in [-0.05, 0) is 37.5 Å². The van der Waals surface area contributed by atoms with Crippen LogP contribution >= 0.6 is 0 Å². The minimum atomic E-state index is -0.781. The SMILES string of the molecule is CC(C)c1ccc(OCC(C)(C)O)cc1. The van der Waals surface area contributed by atoms with Crippen LogP contribution in [0.15, 0.2) is 24.3 Å². The molecule has 2 heteroatoms. The predicted molar refractivity (Wildman–Crippen MR) is 62.3 cm³/mol. The van der Waals surface area contributed by atoms with E-state index in [1.165, 1.54) is 5.56 Å². The van der Waals surface area contributed by atoms with Gasteiger partial charge in [-0.25, -0.2) is 0 Å². The van der Waals surface area contributed by atoms with Crippen LogP contribution in [-0.2, 0) is 0 Å². The Bertz CT molecular complexity index is 293. The highest BCUT2D eigenvalue weighted by Crippen LogP contribution is 2.19. The first kappa shape index (κ1) is 12.1. The molecule has 1 aromatic rings. The second kappa shape index (κ2) is 4.67. The summed E-state index contributed by atoms with van der Waals surface area (Å²) in [5.41, 5.74) is 0.516. The standard InChI is InChI=1S/C13H20O2/c1-10(2)11-5-7-12(8-6-11)15-9-13(3,4)14/h5-8,10,14H,9H2,1-4H3. The van der Waals surface area contributed by atoms with Crippen LogP contribution in [-0.4, -0.2) is 17.3 Å². The highest BCUT2D eigenvalue weighted by Gasteiger charge is 2.13. The van der Waals surface area contributed by atoms with Gasteiger partial charge < -0.3 is 9.84 Å². The predicted octanol–water partition coefficient (Wildman–Crippen LogP) is 2.96. The molecule has 0 fully saturated rings. The molecule has 0 aliphatic carbocycles. The summed E-state index contributed by atoms with van der Waals surface area (Å²) in [4.78, 5) is 0. The lowest BCUT2D eigenvalue weighted by Crippen LogP contribution is -2.27. The number of benzene rings is 1. The normalized spacial score (nSPS) is 11.9. The number of ether oxygens (including phenoxy) is 1. The first-order valence-electron chi connectivity index (χ1n) is 5.33. The summed E-state index contributed by atoms with van der Waals surface area (Å²) in [6.07, 6.45) is 0. The third-order valence-corrected chi connectivity index (χ3v) is 2.14. The molecule has 0 radical (unpaired) electrons. The maximum absolute atomic E-state index is 9.50. The fraction of sp³-hybridized carbons (Fsp3) is 0.538. The van der Waals surface area contributed by atoms with Crippen LogP contribution in [0.25, 0.3) is 0 Å². The fourth-order valence-corrected chi connectivity index (χ4v) is 1.21. The van der Waals surface area contributed by atoms with Gasteiger partial charge in [-0.1, -0.05) is 26.0 Å². The Labute approximate surface area is 91.9 Å². The highest BCUT2D eigenvalue weighted by atomic mass is 16.5. The van der Waals surface area contributed by atoms with E-state index >= 15 is 0 Å². The first-order valence-corrected chi connectivity index (χ1v) is 5.33. The van der Waals surface area contributed by atoms with Gasteiger partial charge in [0.2, 0.25) is 0 Å². The van der Waals surface area contributed by atoms with Gasteiger partial charge in [0.1, 0.15) is 12.4 Å². The molecule has 0 unspecified atom stereocenters. The highest BCUT2D eigenvalue weighted by molar-refractivity contribution is 5.28. The maximum Gasteiger partial charge on any atom is 0.119 e. The zero-order valence-electron chi connectivity index (χ0n) is 9.95. The van der Waals surface area contributed by atoms with Crippen LogP contribution in [0.2, 0.25) is 0 Å². The molecule has 0 heterocycles. The average Bonchev–Trinajstić information content (AvgIpc) is 2.14. The molecule has 0 amide bonds. The van der Waals surface area contributed by atoms with E-state index in [-0.39, 0.29) is 0 Å². The molecule has 84 valence electrons. The lowest BCUT2D eigenvalue weighted by atomic mass is 10.0. The zero-order chi connectivity index (χ0) is 11.5. The van der Waals surface area contributed by atoms with Gasteiger partial charge in [0, 0.05) is 0 Å². The van der Waals surface area contributed by atoms with Crippen LogP contribution in [0.4, 0.5) is 0 Å². The molecular formula is C13H20O2. The van der Waals surface area contributed by atoms with E-state index in [0.29, 0.717) is 12.5 Å². The summed E-state index contributed by atoms with van der Waals surface area (Å²) in [7, 11) is 0. The summed E-state index contributed by atoms with van der Waals surface area (Å²) in [5.74, 6) is 1.34. The fourth-order valence-electron chi connectivity index (χ4n) is 1.21. The monoisotopic (exact) mass is 208 g/mol. The van der Waals surface area contributed by atoms with Crippen molar-refractivity contribution in [1.82, 2.24) is 0 Å². The van der Waals surface area contributed by atoms with E-state index in [4.69, 9.17) is 4.74 Å². The first-order chi connectivity index (χ1) is 6.88. The Balaban J connectivity index is 2.57. The summed E-state index contributed by atoms with van der Waals surface area (Å²) >= 11 is 0. The summed E-state index contributed by atoms with van der Waals surface area (Å²) in [6.45, 7) is 8.10. The van der Waals surface area contributed by atoms with E-state index in [0.717, 1.165) is 5.75 Å². The van der Waals surface area contributed by atoms with Gasteiger partial charge in [-0.15, -0.1) is 0 Å². The van der Waals surface area contributed by atoms with Crippen molar-refractivity contribution in [2.45, 2.75) is 39.2 Å². The van der Waals surface area contributed by atoms with Crippen molar-refractivity contribution in [2.24, 2.45) is 0 Å². The second-order valence-electron chi connectivity index (χ2n) is 4.82. The van der Waals surface area contributed by atoms with Crippen molar-refractivity contribution >= 4 is 0 Å². The smallest absolute Gasteiger partial charge is 0.119 e. The molecule has 15 heavy (non-hydrogen) atoms. The molecule has 1 N–H and O–H groups in total. The Morgan fingerprint density at radius 2 is 1.73 bits per heavy atom. The van der Waals surface area contributed by atoms with Gasteiger partial charge in [-0.2, -0.15) is 0 Å². The number of aliphatic hydroxyl groups is 1. The minimum Gasteiger partial charge on any atom is -0.491 e. The van der Waals surface area contributed by atoms with Gasteiger partial charge in [0.05, 0.1) is 5.60 Å².